The Hall–Kier alpha value is -2.16. The highest BCUT2D eigenvalue weighted by molar-refractivity contribution is 7.89. The second-order valence-electron chi connectivity index (χ2n) is 5.79. The minimum absolute atomic E-state index is 0.115. The number of benzene rings is 2. The van der Waals surface area contributed by atoms with Crippen LogP contribution in [0.1, 0.15) is 11.1 Å². The lowest BCUT2D eigenvalue weighted by atomic mass is 10.1. The molecule has 0 saturated carbocycles. The number of guanidine groups is 1. The van der Waals surface area contributed by atoms with Crippen LogP contribution in [-0.2, 0) is 16.6 Å². The van der Waals surface area contributed by atoms with Crippen LogP contribution >= 0.6 is 11.6 Å². The summed E-state index contributed by atoms with van der Waals surface area (Å²) in [7, 11) is -2.01. The molecule has 0 bridgehead atoms. The highest BCUT2D eigenvalue weighted by atomic mass is 35.5. The Balaban J connectivity index is 1.80. The van der Waals surface area contributed by atoms with Crippen molar-refractivity contribution in [2.24, 2.45) is 4.99 Å². The molecule has 27 heavy (non-hydrogen) atoms. The van der Waals surface area contributed by atoms with Crippen LogP contribution < -0.4 is 15.4 Å². The SMILES string of the molecule is CN=C(NCCNS(=O)(=O)c1cccc(Cl)c1)NCc1ccc(F)c(C)c1. The lowest BCUT2D eigenvalue weighted by Crippen LogP contribution is -2.41. The molecule has 2 rings (SSSR count). The molecule has 6 nitrogen and oxygen atoms in total. The topological polar surface area (TPSA) is 82.6 Å². The summed E-state index contributed by atoms with van der Waals surface area (Å²) in [6.07, 6.45) is 0. The van der Waals surface area contributed by atoms with Crippen molar-refractivity contribution in [3.63, 3.8) is 0 Å². The first kappa shape index (κ1) is 21.1. The van der Waals surface area contributed by atoms with E-state index in [1.165, 1.54) is 18.2 Å². The quantitative estimate of drug-likeness (QED) is 0.370. The van der Waals surface area contributed by atoms with E-state index in [9.17, 15) is 12.8 Å². The van der Waals surface area contributed by atoms with E-state index in [1.807, 2.05) is 0 Å². The summed E-state index contributed by atoms with van der Waals surface area (Å²) >= 11 is 5.83. The molecule has 0 unspecified atom stereocenters. The monoisotopic (exact) mass is 412 g/mol. The number of nitrogens with zero attached hydrogens (tertiary/aromatic N) is 1. The van der Waals surface area contributed by atoms with Gasteiger partial charge in [-0.1, -0.05) is 29.8 Å². The van der Waals surface area contributed by atoms with Crippen LogP contribution in [0, 0.1) is 12.7 Å². The summed E-state index contributed by atoms with van der Waals surface area (Å²) in [6.45, 7) is 2.68. The molecule has 0 spiro atoms. The van der Waals surface area contributed by atoms with E-state index in [-0.39, 0.29) is 17.3 Å². The average molecular weight is 413 g/mol. The number of hydrogen-bond donors (Lipinski definition) is 3. The fourth-order valence-electron chi connectivity index (χ4n) is 2.31. The van der Waals surface area contributed by atoms with E-state index in [4.69, 9.17) is 11.6 Å². The highest BCUT2D eigenvalue weighted by Crippen LogP contribution is 2.14. The van der Waals surface area contributed by atoms with E-state index < -0.39 is 10.0 Å². The molecule has 2 aromatic rings. The summed E-state index contributed by atoms with van der Waals surface area (Å²) in [6, 6.07) is 10.9. The molecule has 0 aliphatic rings. The van der Waals surface area contributed by atoms with Crippen LogP contribution in [0.25, 0.3) is 0 Å². The van der Waals surface area contributed by atoms with Gasteiger partial charge < -0.3 is 10.6 Å². The van der Waals surface area contributed by atoms with Crippen molar-refractivity contribution in [2.45, 2.75) is 18.4 Å². The standard InChI is InChI=1S/C18H22ClFN4O2S/c1-13-10-14(6-7-17(13)20)12-23-18(21-2)22-8-9-24-27(25,26)16-5-3-4-15(19)11-16/h3-7,10-11,24H,8-9,12H2,1-2H3,(H2,21,22,23). The Kier molecular flexibility index (Phi) is 7.58. The van der Waals surface area contributed by atoms with Gasteiger partial charge in [0.25, 0.3) is 0 Å². The Bertz CT molecular complexity index is 919. The third-order valence-electron chi connectivity index (χ3n) is 3.72. The lowest BCUT2D eigenvalue weighted by molar-refractivity contribution is 0.580. The fraction of sp³-hybridized carbons (Fsp3) is 0.278. The maximum Gasteiger partial charge on any atom is 0.240 e. The van der Waals surface area contributed by atoms with Gasteiger partial charge in [-0.3, -0.25) is 4.99 Å². The zero-order valence-corrected chi connectivity index (χ0v) is 16.7. The third kappa shape index (κ3) is 6.50. The number of hydrogen-bond acceptors (Lipinski definition) is 3. The van der Waals surface area contributed by atoms with Crippen LogP contribution in [0.5, 0.6) is 0 Å². The number of halogens is 2. The second kappa shape index (κ2) is 9.68. The molecule has 0 aliphatic heterocycles. The van der Waals surface area contributed by atoms with Crippen molar-refractivity contribution in [3.8, 4) is 0 Å². The first-order valence-electron chi connectivity index (χ1n) is 8.26. The molecule has 0 radical (unpaired) electrons. The minimum atomic E-state index is -3.62. The predicted molar refractivity (Wildman–Crippen MR) is 106 cm³/mol. The molecule has 0 aliphatic carbocycles. The Morgan fingerprint density at radius 2 is 1.93 bits per heavy atom. The summed E-state index contributed by atoms with van der Waals surface area (Å²) in [5.41, 5.74) is 1.49. The maximum absolute atomic E-state index is 13.3. The maximum atomic E-state index is 13.3. The van der Waals surface area contributed by atoms with Gasteiger partial charge in [0.05, 0.1) is 4.90 Å². The molecule has 0 saturated heterocycles. The van der Waals surface area contributed by atoms with Crippen molar-refractivity contribution in [2.75, 3.05) is 20.1 Å². The first-order valence-corrected chi connectivity index (χ1v) is 10.1. The molecular weight excluding hydrogens is 391 g/mol. The average Bonchev–Trinajstić information content (AvgIpc) is 2.64. The van der Waals surface area contributed by atoms with Crippen molar-refractivity contribution in [3.05, 3.63) is 64.4 Å². The van der Waals surface area contributed by atoms with Gasteiger partial charge in [-0.25, -0.2) is 17.5 Å². The summed E-state index contributed by atoms with van der Waals surface area (Å²) in [5.74, 6) is 0.271. The molecule has 0 aromatic heterocycles. The third-order valence-corrected chi connectivity index (χ3v) is 5.42. The normalized spacial score (nSPS) is 12.1. The van der Waals surface area contributed by atoms with E-state index in [1.54, 1.807) is 38.2 Å². The smallest absolute Gasteiger partial charge is 0.240 e. The molecule has 0 fully saturated rings. The number of nitrogens with one attached hydrogen (secondary N) is 3. The van der Waals surface area contributed by atoms with E-state index in [0.29, 0.717) is 29.6 Å². The van der Waals surface area contributed by atoms with Gasteiger partial charge in [0.1, 0.15) is 5.82 Å². The molecule has 0 amide bonds. The van der Waals surface area contributed by atoms with Gasteiger partial charge in [0, 0.05) is 31.7 Å². The van der Waals surface area contributed by atoms with E-state index in [0.717, 1.165) is 5.56 Å². The van der Waals surface area contributed by atoms with Crippen LogP contribution in [0.3, 0.4) is 0 Å². The van der Waals surface area contributed by atoms with Crippen molar-refractivity contribution in [1.29, 1.82) is 0 Å². The zero-order valence-electron chi connectivity index (χ0n) is 15.1. The Morgan fingerprint density at radius 1 is 1.15 bits per heavy atom. The number of sulfonamides is 1. The molecular formula is C18H22ClFN4O2S. The van der Waals surface area contributed by atoms with Crippen LogP contribution in [0.4, 0.5) is 4.39 Å². The lowest BCUT2D eigenvalue weighted by Gasteiger charge is -2.13. The summed E-state index contributed by atoms with van der Waals surface area (Å²) in [5, 5.41) is 6.46. The van der Waals surface area contributed by atoms with Crippen LogP contribution in [0.15, 0.2) is 52.4 Å². The Labute approximate surface area is 163 Å². The van der Waals surface area contributed by atoms with Crippen LogP contribution in [0.2, 0.25) is 5.02 Å². The number of aliphatic imine (C=N–C) groups is 1. The van der Waals surface area contributed by atoms with Gasteiger partial charge >= 0.3 is 0 Å². The molecule has 0 atom stereocenters. The molecule has 0 heterocycles. The molecule has 2 aromatic carbocycles. The van der Waals surface area contributed by atoms with Crippen molar-refractivity contribution < 1.29 is 12.8 Å². The summed E-state index contributed by atoms with van der Waals surface area (Å²) in [4.78, 5) is 4.19. The Morgan fingerprint density at radius 3 is 2.59 bits per heavy atom. The highest BCUT2D eigenvalue weighted by Gasteiger charge is 2.13. The van der Waals surface area contributed by atoms with Gasteiger partial charge in [0.2, 0.25) is 10.0 Å². The minimum Gasteiger partial charge on any atom is -0.355 e. The molecule has 146 valence electrons. The van der Waals surface area contributed by atoms with E-state index in [2.05, 4.69) is 20.3 Å². The van der Waals surface area contributed by atoms with Gasteiger partial charge in [-0.15, -0.1) is 0 Å². The van der Waals surface area contributed by atoms with Crippen molar-refractivity contribution >= 4 is 27.6 Å². The molecule has 9 heteroatoms. The predicted octanol–water partition coefficient (Wildman–Crippen LogP) is 2.43. The molecule has 3 N–H and O–H groups in total. The van der Waals surface area contributed by atoms with Crippen molar-refractivity contribution in [1.82, 2.24) is 15.4 Å². The fourth-order valence-corrected chi connectivity index (χ4v) is 3.64. The zero-order chi connectivity index (χ0) is 19.9. The number of rotatable bonds is 7. The first-order chi connectivity index (χ1) is 12.8. The number of aryl methyl sites for hydroxylation is 1. The largest absolute Gasteiger partial charge is 0.355 e. The van der Waals surface area contributed by atoms with Crippen LogP contribution in [-0.4, -0.2) is 34.5 Å². The van der Waals surface area contributed by atoms with E-state index >= 15 is 0 Å². The van der Waals surface area contributed by atoms with Gasteiger partial charge in [-0.2, -0.15) is 0 Å². The second-order valence-corrected chi connectivity index (χ2v) is 7.99. The van der Waals surface area contributed by atoms with Gasteiger partial charge in [0.15, 0.2) is 5.96 Å². The summed E-state index contributed by atoms with van der Waals surface area (Å²) < 4.78 is 40.2. The van der Waals surface area contributed by atoms with Gasteiger partial charge in [-0.05, 0) is 42.3 Å².